The number of carbonyl (C=O) groups excluding carboxylic acids is 3. The fourth-order valence-electron chi connectivity index (χ4n) is 3.04. The van der Waals surface area contributed by atoms with Crippen LogP contribution in [0.3, 0.4) is 0 Å². The lowest BCUT2D eigenvalue weighted by Crippen LogP contribution is -2.48. The number of hydrogen-bond donors (Lipinski definition) is 1. The Morgan fingerprint density at radius 2 is 1.77 bits per heavy atom. The maximum atomic E-state index is 12.6. The zero-order chi connectivity index (χ0) is 19.1. The van der Waals surface area contributed by atoms with Crippen molar-refractivity contribution in [1.29, 1.82) is 0 Å². The van der Waals surface area contributed by atoms with E-state index in [9.17, 15) is 14.4 Å². The largest absolute Gasteiger partial charge is 0.453 e. The molecule has 1 aromatic rings. The highest BCUT2D eigenvalue weighted by Gasteiger charge is 2.26. The van der Waals surface area contributed by atoms with Crippen molar-refractivity contribution in [1.82, 2.24) is 15.1 Å². The lowest BCUT2D eigenvalue weighted by Gasteiger charge is -2.25. The van der Waals surface area contributed by atoms with Crippen LogP contribution in [0, 0.1) is 6.92 Å². The van der Waals surface area contributed by atoms with E-state index in [2.05, 4.69) is 10.1 Å². The Hall–Kier alpha value is -2.57. The summed E-state index contributed by atoms with van der Waals surface area (Å²) in [5.74, 6) is -0.0852. The van der Waals surface area contributed by atoms with Gasteiger partial charge in [0, 0.05) is 26.2 Å². The minimum Gasteiger partial charge on any atom is -0.453 e. The van der Waals surface area contributed by atoms with Crippen molar-refractivity contribution in [3.05, 3.63) is 35.4 Å². The van der Waals surface area contributed by atoms with E-state index >= 15 is 0 Å². The average molecular weight is 361 g/mol. The van der Waals surface area contributed by atoms with Crippen LogP contribution in [0.1, 0.15) is 24.5 Å². The number of nitrogens with one attached hydrogen (secondary N) is 1. The van der Waals surface area contributed by atoms with Crippen LogP contribution in [0.15, 0.2) is 24.3 Å². The third kappa shape index (κ3) is 5.21. The first-order valence-electron chi connectivity index (χ1n) is 8.88. The van der Waals surface area contributed by atoms with Gasteiger partial charge in [-0.3, -0.25) is 9.59 Å². The third-order valence-electron chi connectivity index (χ3n) is 4.65. The van der Waals surface area contributed by atoms with E-state index in [4.69, 9.17) is 0 Å². The summed E-state index contributed by atoms with van der Waals surface area (Å²) in [5.41, 5.74) is 2.14. The Morgan fingerprint density at radius 3 is 2.46 bits per heavy atom. The predicted molar refractivity (Wildman–Crippen MR) is 97.7 cm³/mol. The lowest BCUT2D eigenvalue weighted by atomic mass is 10.1. The highest BCUT2D eigenvalue weighted by Crippen LogP contribution is 2.12. The van der Waals surface area contributed by atoms with Gasteiger partial charge in [-0.25, -0.2) is 4.79 Å². The molecule has 1 heterocycles. The summed E-state index contributed by atoms with van der Waals surface area (Å²) < 4.78 is 4.52. The first-order valence-corrected chi connectivity index (χ1v) is 8.88. The van der Waals surface area contributed by atoms with Crippen molar-refractivity contribution in [3.63, 3.8) is 0 Å². The summed E-state index contributed by atoms with van der Waals surface area (Å²) in [6.07, 6.45) is 0.465. The first-order chi connectivity index (χ1) is 12.4. The first kappa shape index (κ1) is 19.8. The molecule has 1 aliphatic rings. The summed E-state index contributed by atoms with van der Waals surface area (Å²) in [7, 11) is 1.26. The number of benzene rings is 1. The molecule has 3 amide bonds. The van der Waals surface area contributed by atoms with Gasteiger partial charge in [-0.2, -0.15) is 0 Å². The Morgan fingerprint density at radius 1 is 1.12 bits per heavy atom. The molecule has 1 saturated heterocycles. The lowest BCUT2D eigenvalue weighted by molar-refractivity contribution is -0.134. The SMILES string of the molecule is COC(=O)NC(C)C(=O)N1CCCN(C(=O)Cc2ccccc2C)CC1. The second-order valence-corrected chi connectivity index (χ2v) is 6.52. The van der Waals surface area contributed by atoms with Crippen LogP contribution in [0.5, 0.6) is 0 Å². The summed E-state index contributed by atoms with van der Waals surface area (Å²) in [6, 6.07) is 7.22. The van der Waals surface area contributed by atoms with Gasteiger partial charge in [0.05, 0.1) is 13.5 Å². The number of ether oxygens (including phenoxy) is 1. The number of alkyl carbamates (subject to hydrolysis) is 1. The third-order valence-corrected chi connectivity index (χ3v) is 4.65. The normalized spacial score (nSPS) is 15.8. The van der Waals surface area contributed by atoms with Crippen molar-refractivity contribution < 1.29 is 19.1 Å². The predicted octanol–water partition coefficient (Wildman–Crippen LogP) is 1.34. The van der Waals surface area contributed by atoms with Crippen LogP contribution >= 0.6 is 0 Å². The Bertz CT molecular complexity index is 662. The molecule has 7 heteroatoms. The second kappa shape index (κ2) is 9.22. The molecule has 1 aliphatic heterocycles. The standard InChI is InChI=1S/C19H27N3O4/c1-14-7-4-5-8-16(14)13-17(23)21-9-6-10-22(12-11-21)18(24)15(2)20-19(25)26-3/h4-5,7-8,15H,6,9-13H2,1-3H3,(H,20,25). The fraction of sp³-hybridized carbons (Fsp3) is 0.526. The molecule has 0 bridgehead atoms. The van der Waals surface area contributed by atoms with E-state index in [0.717, 1.165) is 17.5 Å². The molecule has 0 spiro atoms. The zero-order valence-corrected chi connectivity index (χ0v) is 15.7. The number of rotatable bonds is 4. The molecule has 1 aromatic carbocycles. The number of aryl methyl sites for hydroxylation is 1. The van der Waals surface area contributed by atoms with Crippen molar-refractivity contribution in [2.24, 2.45) is 0 Å². The summed E-state index contributed by atoms with van der Waals surface area (Å²) >= 11 is 0. The summed E-state index contributed by atoms with van der Waals surface area (Å²) in [4.78, 5) is 39.9. The Labute approximate surface area is 154 Å². The molecular formula is C19H27N3O4. The molecule has 26 heavy (non-hydrogen) atoms. The van der Waals surface area contributed by atoms with Crippen LogP contribution in [0.4, 0.5) is 4.79 Å². The number of carbonyl (C=O) groups is 3. The Balaban J connectivity index is 1.91. The molecule has 1 fully saturated rings. The molecule has 1 unspecified atom stereocenters. The van der Waals surface area contributed by atoms with Gasteiger partial charge < -0.3 is 19.9 Å². The topological polar surface area (TPSA) is 79.0 Å². The maximum Gasteiger partial charge on any atom is 0.407 e. The monoisotopic (exact) mass is 361 g/mol. The number of methoxy groups -OCH3 is 1. The molecule has 0 radical (unpaired) electrons. The second-order valence-electron chi connectivity index (χ2n) is 6.52. The molecule has 1 atom stereocenters. The smallest absolute Gasteiger partial charge is 0.407 e. The van der Waals surface area contributed by atoms with E-state index in [1.807, 2.05) is 36.1 Å². The van der Waals surface area contributed by atoms with Crippen molar-refractivity contribution in [3.8, 4) is 0 Å². The van der Waals surface area contributed by atoms with Crippen LogP contribution in [0.2, 0.25) is 0 Å². The van der Waals surface area contributed by atoms with Gasteiger partial charge in [-0.15, -0.1) is 0 Å². The molecule has 142 valence electrons. The summed E-state index contributed by atoms with van der Waals surface area (Å²) in [5, 5.41) is 2.49. The van der Waals surface area contributed by atoms with Gasteiger partial charge in [0.2, 0.25) is 11.8 Å². The van der Waals surface area contributed by atoms with Crippen molar-refractivity contribution in [2.45, 2.75) is 32.7 Å². The van der Waals surface area contributed by atoms with Crippen molar-refractivity contribution >= 4 is 17.9 Å². The molecule has 0 aromatic heterocycles. The average Bonchev–Trinajstić information content (AvgIpc) is 2.89. The van der Waals surface area contributed by atoms with Crippen LogP contribution in [-0.2, 0) is 20.7 Å². The molecule has 2 rings (SSSR count). The van der Waals surface area contributed by atoms with Gasteiger partial charge in [0.1, 0.15) is 6.04 Å². The van der Waals surface area contributed by atoms with Gasteiger partial charge in [-0.1, -0.05) is 24.3 Å². The molecule has 0 saturated carbocycles. The van der Waals surface area contributed by atoms with E-state index in [1.165, 1.54) is 7.11 Å². The van der Waals surface area contributed by atoms with Crippen molar-refractivity contribution in [2.75, 3.05) is 33.3 Å². The fourth-order valence-corrected chi connectivity index (χ4v) is 3.04. The minimum absolute atomic E-state index is 0.0781. The van der Waals surface area contributed by atoms with Gasteiger partial charge >= 0.3 is 6.09 Å². The van der Waals surface area contributed by atoms with Crippen LogP contribution in [0.25, 0.3) is 0 Å². The van der Waals surface area contributed by atoms with Crippen LogP contribution < -0.4 is 5.32 Å². The van der Waals surface area contributed by atoms with Gasteiger partial charge in [0.25, 0.3) is 0 Å². The highest BCUT2D eigenvalue weighted by molar-refractivity contribution is 5.85. The van der Waals surface area contributed by atoms with Gasteiger partial charge in [0.15, 0.2) is 0 Å². The number of hydrogen-bond acceptors (Lipinski definition) is 4. The van der Waals surface area contributed by atoms with Gasteiger partial charge in [-0.05, 0) is 31.4 Å². The van der Waals surface area contributed by atoms with E-state index in [1.54, 1.807) is 11.8 Å². The molecular weight excluding hydrogens is 334 g/mol. The Kier molecular flexibility index (Phi) is 7.00. The van der Waals surface area contributed by atoms with Crippen LogP contribution in [-0.4, -0.2) is 67.0 Å². The number of nitrogens with zero attached hydrogens (tertiary/aromatic N) is 2. The molecule has 1 N–H and O–H groups in total. The quantitative estimate of drug-likeness (QED) is 0.878. The number of amides is 3. The summed E-state index contributed by atoms with van der Waals surface area (Å²) in [6.45, 7) is 5.80. The molecule has 0 aliphatic carbocycles. The minimum atomic E-state index is -0.656. The molecule has 7 nitrogen and oxygen atoms in total. The zero-order valence-electron chi connectivity index (χ0n) is 15.7. The van der Waals surface area contributed by atoms with E-state index in [-0.39, 0.29) is 11.8 Å². The maximum absolute atomic E-state index is 12.6. The van der Waals surface area contributed by atoms with E-state index in [0.29, 0.717) is 32.6 Å². The van der Waals surface area contributed by atoms with E-state index < -0.39 is 12.1 Å². The highest BCUT2D eigenvalue weighted by atomic mass is 16.5.